The van der Waals surface area contributed by atoms with Gasteiger partial charge in [0.05, 0.1) is 23.4 Å². The second-order valence-corrected chi connectivity index (χ2v) is 10.1. The van der Waals surface area contributed by atoms with Crippen LogP contribution < -0.4 is 5.32 Å². The molecule has 0 bridgehead atoms. The van der Waals surface area contributed by atoms with Crippen molar-refractivity contribution in [3.05, 3.63) is 17.5 Å². The zero-order valence-electron chi connectivity index (χ0n) is 11.0. The molecule has 0 saturated carbocycles. The molecule has 20 heavy (non-hydrogen) atoms. The largest absolute Gasteiger partial charge is 0.383 e. The van der Waals surface area contributed by atoms with E-state index in [4.69, 9.17) is 4.74 Å². The van der Waals surface area contributed by atoms with Crippen molar-refractivity contribution in [1.82, 2.24) is 5.32 Å². The van der Waals surface area contributed by atoms with E-state index in [0.29, 0.717) is 13.2 Å². The Morgan fingerprint density at radius 3 is 2.80 bits per heavy atom. The summed E-state index contributed by atoms with van der Waals surface area (Å²) in [4.78, 5) is 0. The zero-order valence-corrected chi connectivity index (χ0v) is 13.4. The number of methoxy groups -OCH3 is 1. The number of hydrogen-bond donors (Lipinski definition) is 1. The fourth-order valence-electron chi connectivity index (χ4n) is 2.23. The number of thiophene rings is 1. The number of rotatable bonds is 6. The van der Waals surface area contributed by atoms with Crippen LogP contribution in [0.4, 0.5) is 0 Å². The first-order valence-electron chi connectivity index (χ1n) is 6.07. The standard InChI is InChI=1S/C11H17NO5S3/c1-17-5-4-12-9-7-19(13,14)8-10(9)20(15,16)11-3-2-6-18-11/h2-3,6,9-10,12H,4-5,7-8H2,1H3/t9-,10-/m1/s1. The van der Waals surface area contributed by atoms with Crippen molar-refractivity contribution in [1.29, 1.82) is 0 Å². The molecule has 0 radical (unpaired) electrons. The smallest absolute Gasteiger partial charge is 0.193 e. The Morgan fingerprint density at radius 2 is 2.20 bits per heavy atom. The summed E-state index contributed by atoms with van der Waals surface area (Å²) in [5.74, 6) is -0.468. The van der Waals surface area contributed by atoms with Crippen LogP contribution in [0.1, 0.15) is 0 Å². The lowest BCUT2D eigenvalue weighted by molar-refractivity contribution is 0.196. The average molecular weight is 339 g/mol. The first kappa shape index (κ1) is 15.9. The molecule has 2 rings (SSSR count). The Kier molecular flexibility index (Phi) is 4.85. The molecule has 1 saturated heterocycles. The van der Waals surface area contributed by atoms with Crippen LogP contribution >= 0.6 is 11.3 Å². The Bertz CT molecular complexity index is 636. The van der Waals surface area contributed by atoms with Crippen LogP contribution in [-0.4, -0.2) is 59.9 Å². The van der Waals surface area contributed by atoms with E-state index in [1.807, 2.05) is 0 Å². The lowest BCUT2D eigenvalue weighted by Gasteiger charge is -2.18. The van der Waals surface area contributed by atoms with Crippen molar-refractivity contribution in [3.63, 3.8) is 0 Å². The highest BCUT2D eigenvalue weighted by Crippen LogP contribution is 2.28. The molecule has 1 aromatic rings. The number of ether oxygens (including phenoxy) is 1. The summed E-state index contributed by atoms with van der Waals surface area (Å²) in [7, 11) is -5.42. The molecule has 1 fully saturated rings. The maximum atomic E-state index is 12.5. The predicted molar refractivity (Wildman–Crippen MR) is 77.6 cm³/mol. The second-order valence-electron chi connectivity index (χ2n) is 4.65. The summed E-state index contributed by atoms with van der Waals surface area (Å²) in [5, 5.41) is 3.72. The summed E-state index contributed by atoms with van der Waals surface area (Å²) < 4.78 is 53.6. The minimum Gasteiger partial charge on any atom is -0.383 e. The van der Waals surface area contributed by atoms with Gasteiger partial charge in [0.1, 0.15) is 4.21 Å². The van der Waals surface area contributed by atoms with Crippen molar-refractivity contribution >= 4 is 31.0 Å². The van der Waals surface area contributed by atoms with Gasteiger partial charge in [0, 0.05) is 19.7 Å². The van der Waals surface area contributed by atoms with E-state index in [1.54, 1.807) is 11.4 Å². The predicted octanol–water partition coefficient (Wildman–Crippen LogP) is -0.0766. The normalized spacial score (nSPS) is 25.9. The van der Waals surface area contributed by atoms with Gasteiger partial charge in [-0.15, -0.1) is 11.3 Å². The van der Waals surface area contributed by atoms with E-state index < -0.39 is 31.0 Å². The molecule has 9 heteroatoms. The Hall–Kier alpha value is -0.480. The van der Waals surface area contributed by atoms with Crippen molar-refractivity contribution in [2.45, 2.75) is 15.5 Å². The summed E-state index contributed by atoms with van der Waals surface area (Å²) in [6.07, 6.45) is 0. The van der Waals surface area contributed by atoms with E-state index in [1.165, 1.54) is 13.2 Å². The fourth-order valence-corrected chi connectivity index (χ4v) is 8.17. The molecule has 0 spiro atoms. The Balaban J connectivity index is 2.23. The molecule has 2 heterocycles. The third-order valence-corrected chi connectivity index (χ3v) is 8.77. The van der Waals surface area contributed by atoms with Crippen LogP contribution in [0.2, 0.25) is 0 Å². The van der Waals surface area contributed by atoms with Crippen molar-refractivity contribution in [2.24, 2.45) is 0 Å². The SMILES string of the molecule is COCCN[C@@H]1CS(=O)(=O)C[C@H]1S(=O)(=O)c1cccs1. The summed E-state index contributed by atoms with van der Waals surface area (Å²) in [5.41, 5.74) is 0. The van der Waals surface area contributed by atoms with Crippen LogP contribution in [0.25, 0.3) is 0 Å². The molecule has 1 aliphatic rings. The Morgan fingerprint density at radius 1 is 1.45 bits per heavy atom. The number of sulfone groups is 2. The lowest BCUT2D eigenvalue weighted by Crippen LogP contribution is -2.44. The van der Waals surface area contributed by atoms with Gasteiger partial charge in [0.15, 0.2) is 19.7 Å². The van der Waals surface area contributed by atoms with Gasteiger partial charge in [-0.25, -0.2) is 16.8 Å². The summed E-state index contributed by atoms with van der Waals surface area (Å²) in [6.45, 7) is 0.829. The maximum Gasteiger partial charge on any atom is 0.193 e. The third-order valence-electron chi connectivity index (χ3n) is 3.19. The quantitative estimate of drug-likeness (QED) is 0.730. The average Bonchev–Trinajstić information content (AvgIpc) is 2.97. The summed E-state index contributed by atoms with van der Waals surface area (Å²) >= 11 is 1.11. The van der Waals surface area contributed by atoms with Gasteiger partial charge in [-0.05, 0) is 11.4 Å². The highest BCUT2D eigenvalue weighted by atomic mass is 32.2. The fraction of sp³-hybridized carbons (Fsp3) is 0.636. The summed E-state index contributed by atoms with van der Waals surface area (Å²) in [6, 6.07) is 2.58. The van der Waals surface area contributed by atoms with Gasteiger partial charge in [-0.2, -0.15) is 0 Å². The first-order chi connectivity index (χ1) is 9.37. The molecule has 0 aromatic carbocycles. The van der Waals surface area contributed by atoms with Gasteiger partial charge in [-0.1, -0.05) is 6.07 Å². The zero-order chi connectivity index (χ0) is 14.8. The molecule has 114 valence electrons. The van der Waals surface area contributed by atoms with Crippen molar-refractivity contribution in [2.75, 3.05) is 31.8 Å². The number of nitrogens with one attached hydrogen (secondary N) is 1. The van der Waals surface area contributed by atoms with E-state index >= 15 is 0 Å². The van der Waals surface area contributed by atoms with E-state index in [0.717, 1.165) is 11.3 Å². The van der Waals surface area contributed by atoms with E-state index in [-0.39, 0.29) is 15.7 Å². The van der Waals surface area contributed by atoms with Crippen LogP contribution in [0.3, 0.4) is 0 Å². The molecular weight excluding hydrogens is 322 g/mol. The van der Waals surface area contributed by atoms with Crippen molar-refractivity contribution in [3.8, 4) is 0 Å². The van der Waals surface area contributed by atoms with Crippen LogP contribution in [0, 0.1) is 0 Å². The van der Waals surface area contributed by atoms with Crippen LogP contribution in [0.15, 0.2) is 21.7 Å². The first-order valence-corrected chi connectivity index (χ1v) is 10.3. The van der Waals surface area contributed by atoms with Crippen LogP contribution in [-0.2, 0) is 24.4 Å². The van der Waals surface area contributed by atoms with Crippen molar-refractivity contribution < 1.29 is 21.6 Å². The molecule has 0 unspecified atom stereocenters. The van der Waals surface area contributed by atoms with Gasteiger partial charge in [0.25, 0.3) is 0 Å². The molecule has 1 N–H and O–H groups in total. The maximum absolute atomic E-state index is 12.5. The molecule has 1 aromatic heterocycles. The molecule has 6 nitrogen and oxygen atoms in total. The lowest BCUT2D eigenvalue weighted by atomic mass is 10.2. The van der Waals surface area contributed by atoms with Gasteiger partial charge < -0.3 is 10.1 Å². The monoisotopic (exact) mass is 339 g/mol. The van der Waals surface area contributed by atoms with Gasteiger partial charge >= 0.3 is 0 Å². The van der Waals surface area contributed by atoms with E-state index in [9.17, 15) is 16.8 Å². The molecule has 2 atom stereocenters. The minimum absolute atomic E-state index is 0.147. The molecule has 1 aliphatic heterocycles. The Labute approximate surface area is 123 Å². The molecular formula is C11H17NO5S3. The highest BCUT2D eigenvalue weighted by molar-refractivity contribution is 7.97. The van der Waals surface area contributed by atoms with Gasteiger partial charge in [-0.3, -0.25) is 0 Å². The molecule has 0 amide bonds. The topological polar surface area (TPSA) is 89.5 Å². The second kappa shape index (κ2) is 6.10. The van der Waals surface area contributed by atoms with E-state index in [2.05, 4.69) is 5.32 Å². The highest BCUT2D eigenvalue weighted by Gasteiger charge is 2.45. The third kappa shape index (κ3) is 3.40. The number of hydrogen-bond acceptors (Lipinski definition) is 7. The minimum atomic E-state index is -3.62. The molecule has 0 aliphatic carbocycles. The van der Waals surface area contributed by atoms with Crippen LogP contribution in [0.5, 0.6) is 0 Å². The van der Waals surface area contributed by atoms with Gasteiger partial charge in [0.2, 0.25) is 0 Å².